The third-order valence-corrected chi connectivity index (χ3v) is 4.88. The number of benzene rings is 2. The number of hydrogen-bond acceptors (Lipinski definition) is 5. The Morgan fingerprint density at radius 2 is 1.79 bits per heavy atom. The summed E-state index contributed by atoms with van der Waals surface area (Å²) in [5.41, 5.74) is 9.75. The smallest absolute Gasteiger partial charge is 0.118 e. The van der Waals surface area contributed by atoms with Gasteiger partial charge in [-0.1, -0.05) is 18.2 Å². The summed E-state index contributed by atoms with van der Waals surface area (Å²) in [4.78, 5) is 7.19. The van der Waals surface area contributed by atoms with Gasteiger partial charge in [0.2, 0.25) is 0 Å². The third kappa shape index (κ3) is 5.21. The van der Waals surface area contributed by atoms with Crippen LogP contribution in [0.1, 0.15) is 12.8 Å². The molecule has 0 saturated carbocycles. The van der Waals surface area contributed by atoms with Gasteiger partial charge in [-0.3, -0.25) is 0 Å². The van der Waals surface area contributed by atoms with E-state index in [1.54, 1.807) is 7.11 Å². The lowest BCUT2D eigenvalue weighted by atomic mass is 10.1. The number of ether oxygens (including phenoxy) is 1. The van der Waals surface area contributed by atoms with E-state index in [1.807, 2.05) is 30.3 Å². The maximum Gasteiger partial charge on any atom is 0.118 e. The van der Waals surface area contributed by atoms with E-state index in [0.717, 1.165) is 72.6 Å². The normalized spacial score (nSPS) is 11.1. The molecular weight excluding hydrogens is 348 g/mol. The number of nitrogens with two attached hydrogens (primary N) is 1. The molecule has 0 spiro atoms. The number of pyridine rings is 1. The molecule has 0 radical (unpaired) electrons. The predicted octanol–water partition coefficient (Wildman–Crippen LogP) is 3.99. The summed E-state index contributed by atoms with van der Waals surface area (Å²) in [6.45, 7) is 3.78. The van der Waals surface area contributed by atoms with Crippen LogP contribution in [-0.4, -0.2) is 50.2 Å². The largest absolute Gasteiger partial charge is 0.497 e. The molecule has 0 aliphatic carbocycles. The molecule has 0 saturated heterocycles. The second kappa shape index (κ2) is 10.1. The summed E-state index contributed by atoms with van der Waals surface area (Å²) < 4.78 is 5.26. The standard InChI is InChI=1S/C23H30N4O/c1-27(15-5-13-24)16-6-14-25-23-17-22(18-9-11-19(28-2)12-10-18)26-21-8-4-3-7-20(21)23/h3-4,7-12,17H,5-6,13-16,24H2,1-2H3,(H,25,26). The van der Waals surface area contributed by atoms with Crippen molar-refractivity contribution in [3.63, 3.8) is 0 Å². The van der Waals surface area contributed by atoms with E-state index in [0.29, 0.717) is 0 Å². The Kier molecular flexibility index (Phi) is 7.23. The van der Waals surface area contributed by atoms with Gasteiger partial charge in [0.25, 0.3) is 0 Å². The lowest BCUT2D eigenvalue weighted by molar-refractivity contribution is 0.330. The lowest BCUT2D eigenvalue weighted by Gasteiger charge is -2.17. The fourth-order valence-electron chi connectivity index (χ4n) is 3.28. The van der Waals surface area contributed by atoms with Crippen molar-refractivity contribution >= 4 is 16.6 Å². The van der Waals surface area contributed by atoms with Crippen molar-refractivity contribution < 1.29 is 4.74 Å². The molecule has 0 aliphatic heterocycles. The first-order valence-corrected chi connectivity index (χ1v) is 9.88. The molecule has 0 bridgehead atoms. The van der Waals surface area contributed by atoms with Crippen LogP contribution < -0.4 is 15.8 Å². The molecule has 0 fully saturated rings. The molecule has 1 heterocycles. The summed E-state index contributed by atoms with van der Waals surface area (Å²) in [6.07, 6.45) is 2.12. The van der Waals surface area contributed by atoms with Crippen LogP contribution in [0.25, 0.3) is 22.2 Å². The number of fused-ring (bicyclic) bond motifs is 1. The van der Waals surface area contributed by atoms with E-state index in [-0.39, 0.29) is 0 Å². The zero-order chi connectivity index (χ0) is 19.8. The van der Waals surface area contributed by atoms with Crippen LogP contribution in [0.2, 0.25) is 0 Å². The van der Waals surface area contributed by atoms with Crippen LogP contribution in [0.4, 0.5) is 5.69 Å². The molecule has 148 valence electrons. The molecule has 0 atom stereocenters. The first kappa shape index (κ1) is 20.1. The second-order valence-corrected chi connectivity index (χ2v) is 7.03. The Hall–Kier alpha value is -2.63. The maximum absolute atomic E-state index is 5.59. The average Bonchev–Trinajstić information content (AvgIpc) is 2.75. The first-order chi connectivity index (χ1) is 13.7. The first-order valence-electron chi connectivity index (χ1n) is 9.88. The molecule has 3 aromatic rings. The maximum atomic E-state index is 5.59. The fourth-order valence-corrected chi connectivity index (χ4v) is 3.28. The Morgan fingerprint density at radius 1 is 1.04 bits per heavy atom. The highest BCUT2D eigenvalue weighted by molar-refractivity contribution is 5.93. The van der Waals surface area contributed by atoms with Gasteiger partial charge < -0.3 is 20.7 Å². The summed E-state index contributed by atoms with van der Waals surface area (Å²) in [6, 6.07) is 18.4. The van der Waals surface area contributed by atoms with Crippen molar-refractivity contribution in [1.29, 1.82) is 0 Å². The van der Waals surface area contributed by atoms with E-state index < -0.39 is 0 Å². The van der Waals surface area contributed by atoms with Crippen molar-refractivity contribution in [1.82, 2.24) is 9.88 Å². The quantitative estimate of drug-likeness (QED) is 0.522. The summed E-state index contributed by atoms with van der Waals surface area (Å²) >= 11 is 0. The van der Waals surface area contributed by atoms with E-state index in [9.17, 15) is 0 Å². The highest BCUT2D eigenvalue weighted by atomic mass is 16.5. The molecule has 0 unspecified atom stereocenters. The highest BCUT2D eigenvalue weighted by Gasteiger charge is 2.08. The minimum Gasteiger partial charge on any atom is -0.497 e. The van der Waals surface area contributed by atoms with Gasteiger partial charge in [0.15, 0.2) is 0 Å². The number of para-hydroxylation sites is 1. The predicted molar refractivity (Wildman–Crippen MR) is 118 cm³/mol. The lowest BCUT2D eigenvalue weighted by Crippen LogP contribution is -2.24. The van der Waals surface area contributed by atoms with Crippen LogP contribution in [0.3, 0.4) is 0 Å². The van der Waals surface area contributed by atoms with Crippen molar-refractivity contribution in [2.75, 3.05) is 45.7 Å². The molecule has 5 heteroatoms. The minimum absolute atomic E-state index is 0.750. The van der Waals surface area contributed by atoms with Gasteiger partial charge in [0.05, 0.1) is 18.3 Å². The van der Waals surface area contributed by atoms with Crippen molar-refractivity contribution in [2.45, 2.75) is 12.8 Å². The van der Waals surface area contributed by atoms with Crippen molar-refractivity contribution in [3.8, 4) is 17.0 Å². The van der Waals surface area contributed by atoms with Gasteiger partial charge in [0, 0.05) is 23.2 Å². The molecule has 0 amide bonds. The van der Waals surface area contributed by atoms with Gasteiger partial charge in [-0.05, 0) is 75.9 Å². The van der Waals surface area contributed by atoms with Gasteiger partial charge >= 0.3 is 0 Å². The number of nitrogens with zero attached hydrogens (tertiary/aromatic N) is 2. The topological polar surface area (TPSA) is 63.4 Å². The molecule has 0 aliphatic rings. The fraction of sp³-hybridized carbons (Fsp3) is 0.348. The minimum atomic E-state index is 0.750. The number of rotatable bonds is 10. The molecule has 1 aromatic heterocycles. The van der Waals surface area contributed by atoms with Crippen LogP contribution >= 0.6 is 0 Å². The van der Waals surface area contributed by atoms with Gasteiger partial charge in [0.1, 0.15) is 5.75 Å². The van der Waals surface area contributed by atoms with E-state index in [4.69, 9.17) is 15.5 Å². The van der Waals surface area contributed by atoms with E-state index >= 15 is 0 Å². The molecule has 3 N–H and O–H groups in total. The van der Waals surface area contributed by atoms with Gasteiger partial charge in [-0.15, -0.1) is 0 Å². The molecule has 28 heavy (non-hydrogen) atoms. The highest BCUT2D eigenvalue weighted by Crippen LogP contribution is 2.29. The van der Waals surface area contributed by atoms with Crippen LogP contribution in [0, 0.1) is 0 Å². The monoisotopic (exact) mass is 378 g/mol. The van der Waals surface area contributed by atoms with Crippen molar-refractivity contribution in [2.24, 2.45) is 5.73 Å². The van der Waals surface area contributed by atoms with Gasteiger partial charge in [-0.25, -0.2) is 4.98 Å². The number of nitrogens with one attached hydrogen (secondary N) is 1. The Balaban J connectivity index is 1.75. The van der Waals surface area contributed by atoms with Crippen LogP contribution in [-0.2, 0) is 0 Å². The molecular formula is C23H30N4O. The number of methoxy groups -OCH3 is 1. The Labute approximate surface area is 167 Å². The van der Waals surface area contributed by atoms with E-state index in [1.165, 1.54) is 0 Å². The van der Waals surface area contributed by atoms with Crippen LogP contribution in [0.15, 0.2) is 54.6 Å². The number of hydrogen-bond donors (Lipinski definition) is 2. The zero-order valence-corrected chi connectivity index (χ0v) is 16.8. The van der Waals surface area contributed by atoms with Gasteiger partial charge in [-0.2, -0.15) is 0 Å². The average molecular weight is 379 g/mol. The summed E-state index contributed by atoms with van der Waals surface area (Å²) in [5.74, 6) is 0.849. The molecule has 2 aromatic carbocycles. The van der Waals surface area contributed by atoms with E-state index in [2.05, 4.69) is 41.5 Å². The van der Waals surface area contributed by atoms with Crippen LogP contribution in [0.5, 0.6) is 5.75 Å². The Bertz CT molecular complexity index is 879. The summed E-state index contributed by atoms with van der Waals surface area (Å²) in [7, 11) is 3.83. The second-order valence-electron chi connectivity index (χ2n) is 7.03. The Morgan fingerprint density at radius 3 is 2.54 bits per heavy atom. The third-order valence-electron chi connectivity index (χ3n) is 4.88. The SMILES string of the molecule is COc1ccc(-c2cc(NCCCN(C)CCCN)c3ccccc3n2)cc1. The summed E-state index contributed by atoms with van der Waals surface area (Å²) in [5, 5.41) is 4.77. The zero-order valence-electron chi connectivity index (χ0n) is 16.8. The molecule has 5 nitrogen and oxygen atoms in total. The van der Waals surface area contributed by atoms with Crippen molar-refractivity contribution in [3.05, 3.63) is 54.6 Å². The number of anilines is 1. The number of aromatic nitrogens is 1. The molecule has 3 rings (SSSR count).